The SMILES string of the molecule is COc1cccc(NC(=S)N(CCc2c(C)[nH]c3ccccc23)Cc2cc(OC)c(OC)c(OC)c2)c1. The number of ether oxygens (including phenoxy) is 4. The number of hydrogen-bond acceptors (Lipinski definition) is 5. The van der Waals surface area contributed by atoms with Crippen molar-refractivity contribution in [2.24, 2.45) is 0 Å². The summed E-state index contributed by atoms with van der Waals surface area (Å²) in [4.78, 5) is 5.65. The number of H-pyrrole nitrogens is 1. The van der Waals surface area contributed by atoms with Crippen LogP contribution < -0.4 is 24.3 Å². The molecule has 37 heavy (non-hydrogen) atoms. The molecule has 0 saturated carbocycles. The first-order valence-electron chi connectivity index (χ1n) is 12.0. The zero-order valence-corrected chi connectivity index (χ0v) is 22.7. The molecule has 0 amide bonds. The van der Waals surface area contributed by atoms with E-state index in [1.807, 2.05) is 42.5 Å². The molecule has 4 aromatic rings. The predicted molar refractivity (Wildman–Crippen MR) is 152 cm³/mol. The number of rotatable bonds is 10. The highest BCUT2D eigenvalue weighted by Gasteiger charge is 2.18. The number of fused-ring (bicyclic) bond motifs is 1. The van der Waals surface area contributed by atoms with Gasteiger partial charge in [0.2, 0.25) is 5.75 Å². The number of aromatic nitrogens is 1. The van der Waals surface area contributed by atoms with Crippen LogP contribution in [0, 0.1) is 6.92 Å². The summed E-state index contributed by atoms with van der Waals surface area (Å²) < 4.78 is 22.0. The molecule has 2 N–H and O–H groups in total. The lowest BCUT2D eigenvalue weighted by atomic mass is 10.1. The summed E-state index contributed by atoms with van der Waals surface area (Å²) in [6.45, 7) is 3.37. The normalized spacial score (nSPS) is 10.7. The highest BCUT2D eigenvalue weighted by molar-refractivity contribution is 7.80. The number of benzene rings is 3. The van der Waals surface area contributed by atoms with E-state index < -0.39 is 0 Å². The Balaban J connectivity index is 1.63. The van der Waals surface area contributed by atoms with Gasteiger partial charge >= 0.3 is 0 Å². The van der Waals surface area contributed by atoms with Gasteiger partial charge in [-0.25, -0.2) is 0 Å². The lowest BCUT2D eigenvalue weighted by Crippen LogP contribution is -2.36. The third-order valence-corrected chi connectivity index (χ3v) is 6.73. The lowest BCUT2D eigenvalue weighted by molar-refractivity contribution is 0.322. The summed E-state index contributed by atoms with van der Waals surface area (Å²) in [5.74, 6) is 2.54. The average molecular weight is 520 g/mol. The third-order valence-electron chi connectivity index (χ3n) is 6.36. The van der Waals surface area contributed by atoms with E-state index in [-0.39, 0.29) is 0 Å². The molecule has 194 valence electrons. The second-order valence-corrected chi connectivity index (χ2v) is 9.03. The minimum atomic E-state index is 0.550. The van der Waals surface area contributed by atoms with Crippen molar-refractivity contribution in [1.29, 1.82) is 0 Å². The van der Waals surface area contributed by atoms with Gasteiger partial charge in [0.1, 0.15) is 5.75 Å². The Hall–Kier alpha value is -3.91. The maximum absolute atomic E-state index is 5.91. The maximum atomic E-state index is 5.91. The minimum Gasteiger partial charge on any atom is -0.497 e. The molecule has 1 aromatic heterocycles. The first-order chi connectivity index (χ1) is 18.0. The van der Waals surface area contributed by atoms with Crippen molar-refractivity contribution in [3.05, 3.63) is 77.5 Å². The Bertz CT molecular complexity index is 1360. The highest BCUT2D eigenvalue weighted by atomic mass is 32.1. The van der Waals surface area contributed by atoms with Crippen molar-refractivity contribution >= 4 is 33.9 Å². The Morgan fingerprint density at radius 2 is 1.62 bits per heavy atom. The maximum Gasteiger partial charge on any atom is 0.203 e. The number of aryl methyl sites for hydroxylation is 1. The van der Waals surface area contributed by atoms with Gasteiger partial charge in [-0.3, -0.25) is 0 Å². The standard InChI is InChI=1S/C29H33N3O4S/c1-19-23(24-11-6-7-12-25(24)30-19)13-14-32(29(37)31-21-9-8-10-22(17-21)33-2)18-20-15-26(34-3)28(36-5)27(16-20)35-4/h6-12,15-17,30H,13-14,18H2,1-5H3,(H,31,37). The topological polar surface area (TPSA) is 68.0 Å². The molecular weight excluding hydrogens is 486 g/mol. The van der Waals surface area contributed by atoms with Crippen molar-refractivity contribution in [2.45, 2.75) is 19.9 Å². The van der Waals surface area contributed by atoms with Crippen molar-refractivity contribution in [3.63, 3.8) is 0 Å². The van der Waals surface area contributed by atoms with E-state index in [4.69, 9.17) is 31.2 Å². The fraction of sp³-hybridized carbons (Fsp3) is 0.276. The number of aromatic amines is 1. The van der Waals surface area contributed by atoms with Gasteiger partial charge in [0.05, 0.1) is 28.4 Å². The van der Waals surface area contributed by atoms with E-state index in [2.05, 4.69) is 40.3 Å². The van der Waals surface area contributed by atoms with Crippen LogP contribution >= 0.6 is 12.2 Å². The van der Waals surface area contributed by atoms with Crippen molar-refractivity contribution in [3.8, 4) is 23.0 Å². The van der Waals surface area contributed by atoms with E-state index in [1.54, 1.807) is 28.4 Å². The molecule has 0 unspecified atom stereocenters. The molecule has 1 heterocycles. The van der Waals surface area contributed by atoms with Gasteiger partial charge < -0.3 is 34.1 Å². The van der Waals surface area contributed by atoms with E-state index in [0.29, 0.717) is 35.5 Å². The fourth-order valence-corrected chi connectivity index (χ4v) is 4.78. The molecule has 8 heteroatoms. The lowest BCUT2D eigenvalue weighted by Gasteiger charge is -2.27. The number of nitrogens with zero attached hydrogens (tertiary/aromatic N) is 1. The summed E-state index contributed by atoms with van der Waals surface area (Å²) in [5.41, 5.74) is 5.45. The second kappa shape index (κ2) is 11.9. The molecule has 0 spiro atoms. The zero-order valence-electron chi connectivity index (χ0n) is 21.9. The molecule has 0 aliphatic carbocycles. The Labute approximate surface area is 223 Å². The van der Waals surface area contributed by atoms with Crippen LogP contribution in [0.3, 0.4) is 0 Å². The van der Waals surface area contributed by atoms with Gasteiger partial charge in [0.25, 0.3) is 0 Å². The van der Waals surface area contributed by atoms with E-state index in [1.165, 1.54) is 16.6 Å². The molecule has 0 aliphatic rings. The molecule has 0 fully saturated rings. The quantitative estimate of drug-likeness (QED) is 0.251. The summed E-state index contributed by atoms with van der Waals surface area (Å²) in [7, 11) is 6.49. The van der Waals surface area contributed by atoms with Crippen LogP contribution in [-0.4, -0.2) is 50.0 Å². The summed E-state index contributed by atoms with van der Waals surface area (Å²) in [6.07, 6.45) is 0.820. The number of anilines is 1. The van der Waals surface area contributed by atoms with Crippen LogP contribution in [0.1, 0.15) is 16.8 Å². The van der Waals surface area contributed by atoms with Gasteiger partial charge in [-0.1, -0.05) is 24.3 Å². The van der Waals surface area contributed by atoms with Gasteiger partial charge in [-0.05, 0) is 67.0 Å². The van der Waals surface area contributed by atoms with Crippen molar-refractivity contribution in [2.75, 3.05) is 40.3 Å². The number of para-hydroxylation sites is 1. The van der Waals surface area contributed by atoms with Gasteiger partial charge in [0, 0.05) is 41.4 Å². The van der Waals surface area contributed by atoms with E-state index in [9.17, 15) is 0 Å². The molecule has 4 rings (SSSR count). The number of hydrogen-bond donors (Lipinski definition) is 2. The highest BCUT2D eigenvalue weighted by Crippen LogP contribution is 2.38. The zero-order chi connectivity index (χ0) is 26.4. The van der Waals surface area contributed by atoms with Crippen LogP contribution in [0.5, 0.6) is 23.0 Å². The largest absolute Gasteiger partial charge is 0.497 e. The van der Waals surface area contributed by atoms with Crippen LogP contribution in [0.15, 0.2) is 60.7 Å². The van der Waals surface area contributed by atoms with Crippen LogP contribution in [0.2, 0.25) is 0 Å². The van der Waals surface area contributed by atoms with Gasteiger partial charge in [0.15, 0.2) is 16.6 Å². The smallest absolute Gasteiger partial charge is 0.203 e. The number of thiocarbonyl (C=S) groups is 1. The molecule has 3 aromatic carbocycles. The third kappa shape index (κ3) is 5.91. The van der Waals surface area contributed by atoms with Gasteiger partial charge in [-0.2, -0.15) is 0 Å². The first-order valence-corrected chi connectivity index (χ1v) is 12.4. The molecule has 0 aliphatic heterocycles. The first kappa shape index (κ1) is 26.2. The fourth-order valence-electron chi connectivity index (χ4n) is 4.51. The van der Waals surface area contributed by atoms with Crippen molar-refractivity contribution < 1.29 is 18.9 Å². The summed E-state index contributed by atoms with van der Waals surface area (Å²) in [6, 6.07) is 20.0. The molecule has 7 nitrogen and oxygen atoms in total. The Morgan fingerprint density at radius 3 is 2.30 bits per heavy atom. The van der Waals surface area contributed by atoms with Crippen LogP contribution in [0.25, 0.3) is 10.9 Å². The Morgan fingerprint density at radius 1 is 0.892 bits per heavy atom. The number of nitrogens with one attached hydrogen (secondary N) is 2. The minimum absolute atomic E-state index is 0.550. The van der Waals surface area contributed by atoms with Crippen molar-refractivity contribution in [1.82, 2.24) is 9.88 Å². The molecular formula is C29H33N3O4S. The molecule has 0 bridgehead atoms. The Kier molecular flexibility index (Phi) is 8.40. The summed E-state index contributed by atoms with van der Waals surface area (Å²) >= 11 is 5.91. The number of methoxy groups -OCH3 is 4. The molecule has 0 atom stereocenters. The predicted octanol–water partition coefficient (Wildman–Crippen LogP) is 5.95. The van der Waals surface area contributed by atoms with Gasteiger partial charge in [-0.15, -0.1) is 0 Å². The second-order valence-electron chi connectivity index (χ2n) is 8.64. The molecule has 0 saturated heterocycles. The van der Waals surface area contributed by atoms with Crippen LogP contribution in [0.4, 0.5) is 5.69 Å². The average Bonchev–Trinajstić information content (AvgIpc) is 3.24. The summed E-state index contributed by atoms with van der Waals surface area (Å²) in [5, 5.41) is 5.23. The van der Waals surface area contributed by atoms with E-state index >= 15 is 0 Å². The van der Waals surface area contributed by atoms with Crippen LogP contribution in [-0.2, 0) is 13.0 Å². The molecule has 0 radical (unpaired) electrons. The monoisotopic (exact) mass is 519 g/mol. The van der Waals surface area contributed by atoms with E-state index in [0.717, 1.165) is 28.9 Å².